The predicted molar refractivity (Wildman–Crippen MR) is 548 cm³/mol. The molecule has 0 saturated heterocycles. The smallest absolute Gasteiger partial charge is 0.164 e. The topological polar surface area (TPSA) is 51.6 Å². The van der Waals surface area contributed by atoms with Crippen LogP contribution in [-0.4, -0.2) is 19.9 Å². The second kappa shape index (κ2) is 27.6. The fourth-order valence-corrected chi connectivity index (χ4v) is 28.6. The van der Waals surface area contributed by atoms with Gasteiger partial charge in [-0.3, -0.25) is 4.98 Å². The molecule has 23 aromatic rings. The van der Waals surface area contributed by atoms with Gasteiger partial charge >= 0.3 is 0 Å². The SMILES string of the molecule is CC1(C)c2ccccc2-c2ccc(-c3nc(-c4ccccc4)nc(-c4cccc5c4-c4ccc6c(sc7ccccc76)c4C54c5ccccc5C5(c6ccccc6-c6ccccc65)c5ccccc54)n3)cc21.c1ccc2c(c1)-c1ccccc1C21c2ccccc2C2(c3ccccc31)c1cccc(-c3ccc(-c4cccc5cccnc45)cc3)c1-c1ccc3c(sc4ccccc43)c12. The number of hydrogen-bond acceptors (Lipinski definition) is 6. The van der Waals surface area contributed by atoms with E-state index in [-0.39, 0.29) is 5.41 Å². The first-order valence-electron chi connectivity index (χ1n) is 46.2. The molecule has 0 bridgehead atoms. The van der Waals surface area contributed by atoms with Crippen LogP contribution in [0.5, 0.6) is 0 Å². The van der Waals surface area contributed by atoms with E-state index in [9.17, 15) is 0 Å². The van der Waals surface area contributed by atoms with Gasteiger partial charge < -0.3 is 0 Å². The molecule has 6 heteroatoms. The van der Waals surface area contributed by atoms with Gasteiger partial charge in [0.2, 0.25) is 0 Å². The van der Waals surface area contributed by atoms with Gasteiger partial charge in [-0.15, -0.1) is 22.7 Å². The minimum atomic E-state index is -0.704. The van der Waals surface area contributed by atoms with Crippen molar-refractivity contribution in [2.75, 3.05) is 0 Å². The first kappa shape index (κ1) is 74.9. The Kier molecular flexibility index (Phi) is 15.5. The lowest BCUT2D eigenvalue weighted by molar-refractivity contribution is 0.636. The average Bonchev–Trinajstić information content (AvgIpc) is 1.52. The number of fused-ring (bicyclic) bond motifs is 44. The quantitative estimate of drug-likeness (QED) is 0.172. The fourth-order valence-electron chi connectivity index (χ4n) is 26.0. The Bertz CT molecular complexity index is 8840. The molecule has 133 heavy (non-hydrogen) atoms. The summed E-state index contributed by atoms with van der Waals surface area (Å²) in [5, 5.41) is 6.37. The van der Waals surface area contributed by atoms with Crippen molar-refractivity contribution in [3.8, 4) is 112 Å². The minimum Gasteiger partial charge on any atom is -0.256 e. The maximum absolute atomic E-state index is 5.58. The first-order valence-corrected chi connectivity index (χ1v) is 47.9. The molecular formula is C127H78N4S2. The van der Waals surface area contributed by atoms with Gasteiger partial charge in [-0.25, -0.2) is 15.0 Å². The van der Waals surface area contributed by atoms with Gasteiger partial charge in [-0.1, -0.05) is 420 Å². The lowest BCUT2D eigenvalue weighted by atomic mass is 9.52. The molecule has 0 radical (unpaired) electrons. The van der Waals surface area contributed by atoms with Crippen LogP contribution in [0.15, 0.2) is 437 Å². The van der Waals surface area contributed by atoms with Crippen molar-refractivity contribution in [3.63, 3.8) is 0 Å². The molecule has 4 heterocycles. The van der Waals surface area contributed by atoms with E-state index in [4.69, 9.17) is 19.9 Å². The van der Waals surface area contributed by atoms with Crippen LogP contribution < -0.4 is 0 Å². The molecule has 4 aromatic heterocycles. The van der Waals surface area contributed by atoms with E-state index >= 15 is 0 Å². The Hall–Kier alpha value is -16.0. The number of nitrogens with zero attached hydrogens (tertiary/aromatic N) is 4. The molecule has 30 rings (SSSR count). The van der Waals surface area contributed by atoms with Crippen LogP contribution in [0.25, 0.3) is 163 Å². The Morgan fingerprint density at radius 3 is 1.02 bits per heavy atom. The standard InChI is InChI=1S/C68H43N3S.C59H35NS/c1-66(2)50-26-10-6-21-42(50)45-36-35-41(39-58(45)66)64-69-63(40-19-4-3-5-20-40)70-65(71-64)49-25-18-33-57-60(49)48-38-37-47-46-24-9-17-34-59(46)72-62(47)61(48)68(57)55-31-15-13-29-53(55)67(54-30-14-16-32-56(54)68)51-27-11-7-22-43(51)44-23-8-12-28-52(44)67;1-4-21-46-41(16-1)42-17-2-5-22-47(42)58(46)48-23-6-8-25-50(48)59(51-26-9-7-24-49(51)58)52-27-12-19-39(36-29-31-37(32-30-36)40-20-11-14-38-15-13-35-60-56(38)40)54(52)45-34-33-44-43-18-3-10-28-53(43)61-57(44)55(45)59/h3-39H,1-2H3;1-35H. The zero-order valence-corrected chi connectivity index (χ0v) is 74.3. The molecule has 4 spiro atoms. The second-order valence-electron chi connectivity index (χ2n) is 37.3. The maximum atomic E-state index is 5.58. The van der Waals surface area contributed by atoms with Crippen LogP contribution in [0.1, 0.15) is 114 Å². The van der Waals surface area contributed by atoms with Gasteiger partial charge in [-0.05, 0) is 197 Å². The van der Waals surface area contributed by atoms with Crippen molar-refractivity contribution in [1.82, 2.24) is 19.9 Å². The molecular weight excluding hydrogens is 1650 g/mol. The zero-order chi connectivity index (χ0) is 87.4. The number of aromatic nitrogens is 4. The molecule has 0 aliphatic heterocycles. The van der Waals surface area contributed by atoms with Crippen molar-refractivity contribution >= 4 is 73.9 Å². The van der Waals surface area contributed by atoms with Gasteiger partial charge in [0.15, 0.2) is 17.5 Å². The highest BCUT2D eigenvalue weighted by molar-refractivity contribution is 7.26. The van der Waals surface area contributed by atoms with E-state index in [1.165, 1.54) is 213 Å². The third kappa shape index (κ3) is 9.67. The largest absolute Gasteiger partial charge is 0.256 e. The monoisotopic (exact) mass is 1720 g/mol. The van der Waals surface area contributed by atoms with E-state index in [1.54, 1.807) is 0 Å². The maximum Gasteiger partial charge on any atom is 0.164 e. The summed E-state index contributed by atoms with van der Waals surface area (Å²) in [6.07, 6.45) is 1.89. The zero-order valence-electron chi connectivity index (χ0n) is 72.7. The van der Waals surface area contributed by atoms with E-state index < -0.39 is 21.7 Å². The predicted octanol–water partition coefficient (Wildman–Crippen LogP) is 31.6. The average molecular weight is 1720 g/mol. The van der Waals surface area contributed by atoms with Crippen LogP contribution >= 0.6 is 22.7 Å². The summed E-state index contributed by atoms with van der Waals surface area (Å²) in [5.41, 5.74) is 43.1. The fraction of sp³-hybridized carbons (Fsp3) is 0.0551. The van der Waals surface area contributed by atoms with Gasteiger partial charge in [0.05, 0.1) is 27.2 Å². The van der Waals surface area contributed by atoms with Crippen LogP contribution in [0.4, 0.5) is 0 Å². The molecule has 0 amide bonds. The summed E-state index contributed by atoms with van der Waals surface area (Å²) in [6.45, 7) is 4.66. The van der Waals surface area contributed by atoms with Crippen LogP contribution in [0.2, 0.25) is 0 Å². The number of rotatable bonds is 5. The van der Waals surface area contributed by atoms with E-state index in [0.717, 1.165) is 33.2 Å². The van der Waals surface area contributed by atoms with Gasteiger partial charge in [0.1, 0.15) is 0 Å². The van der Waals surface area contributed by atoms with Crippen molar-refractivity contribution < 1.29 is 0 Å². The molecule has 0 fully saturated rings. The van der Waals surface area contributed by atoms with E-state index in [2.05, 4.69) is 438 Å². The number of benzene rings is 19. The normalized spacial score (nSPS) is 14.8. The van der Waals surface area contributed by atoms with Crippen molar-refractivity contribution in [2.45, 2.75) is 40.9 Å². The number of hydrogen-bond donors (Lipinski definition) is 0. The van der Waals surface area contributed by atoms with E-state index in [1.807, 2.05) is 34.9 Å². The lowest BCUT2D eigenvalue weighted by Gasteiger charge is -2.49. The Labute approximate surface area is 777 Å². The summed E-state index contributed by atoms with van der Waals surface area (Å²) in [6, 6.07) is 162. The van der Waals surface area contributed by atoms with Gasteiger partial charge in [-0.2, -0.15) is 0 Å². The molecule has 7 aliphatic carbocycles. The molecule has 4 nitrogen and oxygen atoms in total. The number of para-hydroxylation sites is 1. The van der Waals surface area contributed by atoms with Crippen LogP contribution in [-0.2, 0) is 27.1 Å². The third-order valence-electron chi connectivity index (χ3n) is 31.1. The lowest BCUT2D eigenvalue weighted by Crippen LogP contribution is -2.43. The molecule has 0 unspecified atom stereocenters. The molecule has 0 atom stereocenters. The molecule has 0 saturated carbocycles. The summed E-state index contributed by atoms with van der Waals surface area (Å²) in [4.78, 5) is 21.2. The van der Waals surface area contributed by atoms with Crippen LogP contribution in [0, 0.1) is 0 Å². The Morgan fingerprint density at radius 1 is 0.203 bits per heavy atom. The molecule has 618 valence electrons. The summed E-state index contributed by atoms with van der Waals surface area (Å²) >= 11 is 3.87. The summed E-state index contributed by atoms with van der Waals surface area (Å²) in [5.74, 6) is 1.97. The van der Waals surface area contributed by atoms with Gasteiger partial charge in [0, 0.05) is 79.6 Å². The van der Waals surface area contributed by atoms with E-state index in [0.29, 0.717) is 17.5 Å². The summed E-state index contributed by atoms with van der Waals surface area (Å²) < 4.78 is 5.29. The minimum absolute atomic E-state index is 0.177. The van der Waals surface area contributed by atoms with Crippen LogP contribution in [0.3, 0.4) is 0 Å². The Morgan fingerprint density at radius 2 is 0.534 bits per heavy atom. The number of thiophene rings is 2. The van der Waals surface area contributed by atoms with Gasteiger partial charge in [0.25, 0.3) is 0 Å². The molecule has 7 aliphatic rings. The molecule has 0 N–H and O–H groups in total. The Balaban J connectivity index is 0.000000132. The first-order chi connectivity index (χ1) is 65.7. The highest BCUT2D eigenvalue weighted by atomic mass is 32.1. The number of pyridine rings is 1. The molecule has 19 aromatic carbocycles. The highest BCUT2D eigenvalue weighted by Crippen LogP contribution is 2.73. The van der Waals surface area contributed by atoms with Crippen molar-refractivity contribution in [3.05, 3.63) is 537 Å². The third-order valence-corrected chi connectivity index (χ3v) is 33.5. The summed E-state index contributed by atoms with van der Waals surface area (Å²) in [7, 11) is 0. The van der Waals surface area contributed by atoms with Crippen molar-refractivity contribution in [1.29, 1.82) is 0 Å². The van der Waals surface area contributed by atoms with Crippen molar-refractivity contribution in [2.24, 2.45) is 0 Å². The highest BCUT2D eigenvalue weighted by Gasteiger charge is 2.62. The second-order valence-corrected chi connectivity index (χ2v) is 39.4.